The van der Waals surface area contributed by atoms with Gasteiger partial charge in [-0.1, -0.05) is 20.8 Å². The molecular weight excluding hydrogens is 254 g/mol. The highest BCUT2D eigenvalue weighted by Crippen LogP contribution is 2.40. The topological polar surface area (TPSA) is 56.2 Å². The van der Waals surface area contributed by atoms with Crippen molar-refractivity contribution < 1.29 is 9.53 Å². The first-order valence-electron chi connectivity index (χ1n) is 7.40. The van der Waals surface area contributed by atoms with Crippen molar-refractivity contribution in [1.29, 1.82) is 0 Å². The summed E-state index contributed by atoms with van der Waals surface area (Å²) >= 11 is 0. The van der Waals surface area contributed by atoms with Crippen LogP contribution >= 0.6 is 0 Å². The van der Waals surface area contributed by atoms with Crippen LogP contribution in [0.3, 0.4) is 0 Å². The summed E-state index contributed by atoms with van der Waals surface area (Å²) in [5.74, 6) is -0.221. The second-order valence-electron chi connectivity index (χ2n) is 6.16. The minimum absolute atomic E-state index is 0.206. The summed E-state index contributed by atoms with van der Waals surface area (Å²) < 4.78 is 6.82. The maximum Gasteiger partial charge on any atom is 0.327 e. The Kier molecular flexibility index (Phi) is 4.48. The molecule has 0 spiro atoms. The zero-order valence-corrected chi connectivity index (χ0v) is 12.9. The van der Waals surface area contributed by atoms with E-state index in [1.807, 2.05) is 13.1 Å². The fourth-order valence-electron chi connectivity index (χ4n) is 2.99. The third-order valence-corrected chi connectivity index (χ3v) is 3.79. The molecule has 0 fully saturated rings. The Morgan fingerprint density at radius 2 is 2.30 bits per heavy atom. The van der Waals surface area contributed by atoms with Gasteiger partial charge in [0.1, 0.15) is 6.54 Å². The molecule has 20 heavy (non-hydrogen) atoms. The third-order valence-electron chi connectivity index (χ3n) is 3.79. The SMILES string of the molecule is CCNC1CC(C)(C)Cc2c1cnn2CC(=O)OCC. The highest BCUT2D eigenvalue weighted by molar-refractivity contribution is 5.69. The second kappa shape index (κ2) is 5.95. The Bertz CT molecular complexity index is 479. The Hall–Kier alpha value is -1.36. The number of rotatable bonds is 5. The van der Waals surface area contributed by atoms with Gasteiger partial charge < -0.3 is 10.1 Å². The Morgan fingerprint density at radius 3 is 2.95 bits per heavy atom. The molecule has 1 aliphatic rings. The van der Waals surface area contributed by atoms with Crippen molar-refractivity contribution in [3.8, 4) is 0 Å². The van der Waals surface area contributed by atoms with Gasteiger partial charge in [0.25, 0.3) is 0 Å². The molecule has 0 bridgehead atoms. The van der Waals surface area contributed by atoms with Gasteiger partial charge in [0.15, 0.2) is 0 Å². The molecule has 1 N–H and O–H groups in total. The number of aromatic nitrogens is 2. The quantitative estimate of drug-likeness (QED) is 0.838. The number of nitrogens with zero attached hydrogens (tertiary/aromatic N) is 2. The molecule has 1 aliphatic carbocycles. The molecule has 5 nitrogen and oxygen atoms in total. The maximum atomic E-state index is 11.7. The third kappa shape index (κ3) is 3.20. The average Bonchev–Trinajstić information content (AvgIpc) is 2.71. The summed E-state index contributed by atoms with van der Waals surface area (Å²) in [6, 6.07) is 0.328. The highest BCUT2D eigenvalue weighted by atomic mass is 16.5. The molecule has 1 unspecified atom stereocenters. The number of esters is 1. The van der Waals surface area contributed by atoms with Gasteiger partial charge in [0, 0.05) is 17.3 Å². The first kappa shape index (κ1) is 15.0. The standard InChI is InChI=1S/C15H25N3O2/c1-5-16-12-7-15(3,4)8-13-11(12)9-17-18(13)10-14(19)20-6-2/h9,12,16H,5-8,10H2,1-4H3. The van der Waals surface area contributed by atoms with Crippen LogP contribution in [-0.2, 0) is 22.5 Å². The fraction of sp³-hybridized carbons (Fsp3) is 0.733. The van der Waals surface area contributed by atoms with Crippen molar-refractivity contribution in [2.75, 3.05) is 13.2 Å². The number of nitrogens with one attached hydrogen (secondary N) is 1. The molecule has 2 rings (SSSR count). The van der Waals surface area contributed by atoms with Crippen LogP contribution in [0, 0.1) is 5.41 Å². The van der Waals surface area contributed by atoms with Crippen LogP contribution in [0.4, 0.5) is 0 Å². The molecule has 5 heteroatoms. The zero-order valence-electron chi connectivity index (χ0n) is 12.9. The lowest BCUT2D eigenvalue weighted by atomic mass is 9.74. The van der Waals surface area contributed by atoms with Crippen molar-refractivity contribution in [1.82, 2.24) is 15.1 Å². The number of ether oxygens (including phenoxy) is 1. The van der Waals surface area contributed by atoms with E-state index >= 15 is 0 Å². The van der Waals surface area contributed by atoms with Crippen LogP contribution < -0.4 is 5.32 Å². The van der Waals surface area contributed by atoms with Gasteiger partial charge >= 0.3 is 5.97 Å². The van der Waals surface area contributed by atoms with Crippen LogP contribution in [-0.4, -0.2) is 28.9 Å². The molecule has 0 saturated carbocycles. The van der Waals surface area contributed by atoms with Crippen molar-refractivity contribution in [2.24, 2.45) is 5.41 Å². The monoisotopic (exact) mass is 279 g/mol. The predicted molar refractivity (Wildman–Crippen MR) is 77.4 cm³/mol. The molecule has 0 aromatic carbocycles. The van der Waals surface area contributed by atoms with E-state index in [0.717, 1.165) is 19.4 Å². The van der Waals surface area contributed by atoms with Gasteiger partial charge in [-0.3, -0.25) is 9.48 Å². The van der Waals surface area contributed by atoms with Crippen molar-refractivity contribution in [2.45, 2.75) is 53.1 Å². The van der Waals surface area contributed by atoms with Crippen LogP contribution in [0.5, 0.6) is 0 Å². The van der Waals surface area contributed by atoms with Gasteiger partial charge in [0.2, 0.25) is 0 Å². The normalized spacial score (nSPS) is 20.5. The number of hydrogen-bond donors (Lipinski definition) is 1. The second-order valence-corrected chi connectivity index (χ2v) is 6.16. The average molecular weight is 279 g/mol. The lowest BCUT2D eigenvalue weighted by Crippen LogP contribution is -2.34. The van der Waals surface area contributed by atoms with E-state index in [9.17, 15) is 4.79 Å². The summed E-state index contributed by atoms with van der Waals surface area (Å²) in [6.45, 7) is 10.0. The number of carbonyl (C=O) groups excluding carboxylic acids is 1. The summed E-state index contributed by atoms with van der Waals surface area (Å²) in [5, 5.41) is 7.91. The van der Waals surface area contributed by atoms with E-state index < -0.39 is 0 Å². The molecule has 112 valence electrons. The van der Waals surface area contributed by atoms with E-state index in [-0.39, 0.29) is 17.9 Å². The molecule has 0 aliphatic heterocycles. The minimum atomic E-state index is -0.221. The van der Waals surface area contributed by atoms with Crippen molar-refractivity contribution in [3.05, 3.63) is 17.5 Å². The van der Waals surface area contributed by atoms with E-state index in [1.54, 1.807) is 4.68 Å². The van der Waals surface area contributed by atoms with Gasteiger partial charge in [-0.15, -0.1) is 0 Å². The molecular formula is C15H25N3O2. The molecule has 1 aromatic rings. The zero-order chi connectivity index (χ0) is 14.8. The first-order valence-corrected chi connectivity index (χ1v) is 7.40. The highest BCUT2D eigenvalue weighted by Gasteiger charge is 2.34. The lowest BCUT2D eigenvalue weighted by molar-refractivity contribution is -0.144. The first-order chi connectivity index (χ1) is 9.46. The van der Waals surface area contributed by atoms with E-state index in [4.69, 9.17) is 4.74 Å². The Balaban J connectivity index is 2.24. The van der Waals surface area contributed by atoms with Gasteiger partial charge in [-0.05, 0) is 31.7 Å². The summed E-state index contributed by atoms with van der Waals surface area (Å²) in [6.07, 6.45) is 3.94. The maximum absolute atomic E-state index is 11.7. The number of carbonyl (C=O) groups is 1. The van der Waals surface area contributed by atoms with Crippen LogP contribution in [0.2, 0.25) is 0 Å². The molecule has 1 aromatic heterocycles. The molecule has 1 atom stereocenters. The lowest BCUT2D eigenvalue weighted by Gasteiger charge is -2.35. The molecule has 1 heterocycles. The summed E-state index contributed by atoms with van der Waals surface area (Å²) in [5.41, 5.74) is 2.61. The number of fused-ring (bicyclic) bond motifs is 1. The molecule has 0 amide bonds. The van der Waals surface area contributed by atoms with E-state index in [2.05, 4.69) is 31.2 Å². The van der Waals surface area contributed by atoms with Crippen LogP contribution in [0.1, 0.15) is 51.4 Å². The largest absolute Gasteiger partial charge is 0.465 e. The van der Waals surface area contributed by atoms with Gasteiger partial charge in [-0.2, -0.15) is 5.10 Å². The summed E-state index contributed by atoms with van der Waals surface area (Å²) in [7, 11) is 0. The molecule has 0 radical (unpaired) electrons. The van der Waals surface area contributed by atoms with Crippen LogP contribution in [0.15, 0.2) is 6.20 Å². The van der Waals surface area contributed by atoms with Crippen LogP contribution in [0.25, 0.3) is 0 Å². The Morgan fingerprint density at radius 1 is 1.55 bits per heavy atom. The smallest absolute Gasteiger partial charge is 0.327 e. The van der Waals surface area contributed by atoms with Crippen molar-refractivity contribution in [3.63, 3.8) is 0 Å². The Labute approximate surface area is 120 Å². The fourth-order valence-corrected chi connectivity index (χ4v) is 2.99. The van der Waals surface area contributed by atoms with Gasteiger partial charge in [0.05, 0.1) is 12.8 Å². The van der Waals surface area contributed by atoms with E-state index in [0.29, 0.717) is 12.6 Å². The van der Waals surface area contributed by atoms with E-state index in [1.165, 1.54) is 11.3 Å². The molecule has 0 saturated heterocycles. The predicted octanol–water partition coefficient (Wildman–Crippen LogP) is 2.07. The minimum Gasteiger partial charge on any atom is -0.465 e. The van der Waals surface area contributed by atoms with Crippen molar-refractivity contribution >= 4 is 5.97 Å². The summed E-state index contributed by atoms with van der Waals surface area (Å²) in [4.78, 5) is 11.7. The number of hydrogen-bond acceptors (Lipinski definition) is 4. The van der Waals surface area contributed by atoms with Gasteiger partial charge in [-0.25, -0.2) is 0 Å².